The molecule has 0 aliphatic rings. The molecule has 1 heterocycles. The van der Waals surface area contributed by atoms with Crippen molar-refractivity contribution in [1.29, 1.82) is 0 Å². The number of hydrogen-bond acceptors (Lipinski definition) is 4. The Kier molecular flexibility index (Phi) is 7.10. The van der Waals surface area contributed by atoms with Gasteiger partial charge in [-0.05, 0) is 66.4 Å². The first-order chi connectivity index (χ1) is 16.0. The average molecular weight is 506 g/mol. The number of fused-ring (bicyclic) bond motifs is 1. The topological polar surface area (TPSA) is 94.2 Å². The van der Waals surface area contributed by atoms with Gasteiger partial charge in [-0.15, -0.1) is 0 Å². The molecule has 0 saturated heterocycles. The van der Waals surface area contributed by atoms with Gasteiger partial charge in [0.1, 0.15) is 11.3 Å². The molecule has 168 valence electrons. The van der Waals surface area contributed by atoms with E-state index in [2.05, 4.69) is 31.5 Å². The van der Waals surface area contributed by atoms with Crippen molar-refractivity contribution < 1.29 is 9.90 Å². The smallest absolute Gasteiger partial charge is 0.261 e. The Morgan fingerprint density at radius 1 is 0.909 bits per heavy atom. The highest BCUT2D eigenvalue weighted by atomic mass is 79.9. The van der Waals surface area contributed by atoms with E-state index in [0.29, 0.717) is 25.0 Å². The lowest BCUT2D eigenvalue weighted by molar-refractivity contribution is 0.0953. The lowest BCUT2D eigenvalue weighted by atomic mass is 10.1. The third-order valence-electron chi connectivity index (χ3n) is 5.41. The van der Waals surface area contributed by atoms with E-state index in [-0.39, 0.29) is 11.3 Å². The largest absolute Gasteiger partial charge is 0.508 e. The summed E-state index contributed by atoms with van der Waals surface area (Å²) in [6, 6.07) is 22.3. The summed E-state index contributed by atoms with van der Waals surface area (Å²) < 4.78 is 1.01. The van der Waals surface area contributed by atoms with Crippen molar-refractivity contribution in [3.05, 3.63) is 104 Å². The van der Waals surface area contributed by atoms with Gasteiger partial charge in [-0.1, -0.05) is 46.3 Å². The number of aromatic nitrogens is 1. The van der Waals surface area contributed by atoms with Crippen LogP contribution in [0.25, 0.3) is 10.9 Å². The van der Waals surface area contributed by atoms with Crippen LogP contribution in [0.1, 0.15) is 21.5 Å². The van der Waals surface area contributed by atoms with Crippen molar-refractivity contribution in [2.24, 2.45) is 0 Å². The number of hydrogen-bond donors (Lipinski definition) is 4. The van der Waals surface area contributed by atoms with Gasteiger partial charge >= 0.3 is 0 Å². The second-order valence-electron chi connectivity index (χ2n) is 7.75. The molecule has 0 aliphatic carbocycles. The van der Waals surface area contributed by atoms with Crippen LogP contribution in [0.5, 0.6) is 5.75 Å². The summed E-state index contributed by atoms with van der Waals surface area (Å²) in [6.45, 7) is 1.10. The number of aromatic hydroxyl groups is 1. The van der Waals surface area contributed by atoms with Gasteiger partial charge in [-0.25, -0.2) is 0 Å². The predicted octanol–water partition coefficient (Wildman–Crippen LogP) is 4.62. The van der Waals surface area contributed by atoms with E-state index >= 15 is 0 Å². The van der Waals surface area contributed by atoms with Gasteiger partial charge in [-0.2, -0.15) is 0 Å². The Bertz CT molecular complexity index is 1320. The molecular formula is C26H24BrN3O3. The first-order valence-corrected chi connectivity index (χ1v) is 11.5. The summed E-state index contributed by atoms with van der Waals surface area (Å²) in [4.78, 5) is 28.1. The standard InChI is InChI=1S/C26H24BrN3O3/c27-19-8-4-17(5-9-19)13-15-29-25(32)22-16-21-23(2-1-3-24(21)30-26(22)33)28-14-12-18-6-10-20(31)11-7-18/h1-11,16,28,31H,12-15H2,(H,29,32)(H,30,33). The molecule has 4 aromatic rings. The fourth-order valence-electron chi connectivity index (χ4n) is 3.62. The van der Waals surface area contributed by atoms with E-state index in [0.717, 1.165) is 33.1 Å². The Balaban J connectivity index is 1.45. The number of rotatable bonds is 8. The summed E-state index contributed by atoms with van der Waals surface area (Å²) >= 11 is 3.41. The van der Waals surface area contributed by atoms with Crippen LogP contribution in [0, 0.1) is 0 Å². The van der Waals surface area contributed by atoms with Crippen LogP contribution in [0.3, 0.4) is 0 Å². The van der Waals surface area contributed by atoms with E-state index in [9.17, 15) is 14.7 Å². The molecule has 0 atom stereocenters. The molecule has 4 N–H and O–H groups in total. The van der Waals surface area contributed by atoms with Crippen molar-refractivity contribution >= 4 is 38.4 Å². The summed E-state index contributed by atoms with van der Waals surface area (Å²) in [7, 11) is 0. The highest BCUT2D eigenvalue weighted by molar-refractivity contribution is 9.10. The maximum atomic E-state index is 12.7. The molecule has 0 radical (unpaired) electrons. The third kappa shape index (κ3) is 5.81. The van der Waals surface area contributed by atoms with Crippen LogP contribution in [0.4, 0.5) is 5.69 Å². The highest BCUT2D eigenvalue weighted by Crippen LogP contribution is 2.22. The molecule has 0 saturated carbocycles. The number of carbonyl (C=O) groups is 1. The number of anilines is 1. The molecule has 0 fully saturated rings. The fraction of sp³-hybridized carbons (Fsp3) is 0.154. The number of benzene rings is 3. The van der Waals surface area contributed by atoms with E-state index in [1.807, 2.05) is 54.6 Å². The minimum atomic E-state index is -0.412. The molecule has 7 heteroatoms. The SMILES string of the molecule is O=C(NCCc1ccc(Br)cc1)c1cc2c(NCCc3ccc(O)cc3)cccc2[nH]c1=O. The lowest BCUT2D eigenvalue weighted by Gasteiger charge is -2.11. The molecule has 0 spiro atoms. The van der Waals surface area contributed by atoms with E-state index in [1.54, 1.807) is 18.2 Å². The number of aromatic amines is 1. The van der Waals surface area contributed by atoms with Crippen LogP contribution in [-0.2, 0) is 12.8 Å². The van der Waals surface area contributed by atoms with Gasteiger partial charge in [0, 0.05) is 28.6 Å². The minimum absolute atomic E-state index is 0.0890. The first-order valence-electron chi connectivity index (χ1n) is 10.7. The number of pyridine rings is 1. The Labute approximate surface area is 199 Å². The van der Waals surface area contributed by atoms with E-state index in [1.165, 1.54) is 0 Å². The zero-order valence-electron chi connectivity index (χ0n) is 17.9. The molecule has 0 unspecified atom stereocenters. The zero-order valence-corrected chi connectivity index (χ0v) is 19.5. The van der Waals surface area contributed by atoms with E-state index < -0.39 is 11.5 Å². The quantitative estimate of drug-likeness (QED) is 0.281. The maximum Gasteiger partial charge on any atom is 0.261 e. The molecule has 1 amide bonds. The molecule has 33 heavy (non-hydrogen) atoms. The van der Waals surface area contributed by atoms with Gasteiger partial charge < -0.3 is 20.7 Å². The molecule has 1 aromatic heterocycles. The summed E-state index contributed by atoms with van der Waals surface area (Å²) in [5.74, 6) is -0.151. The number of amides is 1. The summed E-state index contributed by atoms with van der Waals surface area (Å²) in [6.07, 6.45) is 1.44. The second-order valence-corrected chi connectivity index (χ2v) is 8.67. The molecule has 0 bridgehead atoms. The third-order valence-corrected chi connectivity index (χ3v) is 5.94. The molecule has 4 rings (SSSR count). The number of phenols is 1. The van der Waals surface area contributed by atoms with Crippen molar-refractivity contribution in [1.82, 2.24) is 10.3 Å². The number of nitrogens with one attached hydrogen (secondary N) is 3. The highest BCUT2D eigenvalue weighted by Gasteiger charge is 2.13. The van der Waals surface area contributed by atoms with Crippen LogP contribution < -0.4 is 16.2 Å². The fourth-order valence-corrected chi connectivity index (χ4v) is 3.89. The number of halogens is 1. The van der Waals surface area contributed by atoms with E-state index in [4.69, 9.17) is 0 Å². The van der Waals surface area contributed by atoms with Crippen LogP contribution >= 0.6 is 15.9 Å². The number of carbonyl (C=O) groups excluding carboxylic acids is 1. The molecule has 6 nitrogen and oxygen atoms in total. The number of H-pyrrole nitrogens is 1. The number of phenolic OH excluding ortho intramolecular Hbond substituents is 1. The van der Waals surface area contributed by atoms with Gasteiger partial charge in [0.25, 0.3) is 11.5 Å². The lowest BCUT2D eigenvalue weighted by Crippen LogP contribution is -2.31. The van der Waals surface area contributed by atoms with Crippen molar-refractivity contribution in [2.45, 2.75) is 12.8 Å². The Hall–Kier alpha value is -3.58. The molecule has 3 aromatic carbocycles. The monoisotopic (exact) mass is 505 g/mol. The van der Waals surface area contributed by atoms with Crippen LogP contribution in [-0.4, -0.2) is 29.1 Å². The van der Waals surface area contributed by atoms with Gasteiger partial charge in [0.05, 0.1) is 5.52 Å². The van der Waals surface area contributed by atoms with Crippen molar-refractivity contribution in [3.63, 3.8) is 0 Å². The van der Waals surface area contributed by atoms with Gasteiger partial charge in [0.15, 0.2) is 0 Å². The zero-order chi connectivity index (χ0) is 23.2. The minimum Gasteiger partial charge on any atom is -0.508 e. The van der Waals surface area contributed by atoms with Gasteiger partial charge in [-0.3, -0.25) is 9.59 Å². The van der Waals surface area contributed by atoms with Crippen molar-refractivity contribution in [3.8, 4) is 5.75 Å². The van der Waals surface area contributed by atoms with Crippen LogP contribution in [0.15, 0.2) is 82.1 Å². The average Bonchev–Trinajstić information content (AvgIpc) is 2.81. The molecule has 0 aliphatic heterocycles. The normalized spacial score (nSPS) is 10.8. The van der Waals surface area contributed by atoms with Crippen LogP contribution in [0.2, 0.25) is 0 Å². The van der Waals surface area contributed by atoms with Crippen molar-refractivity contribution in [2.75, 3.05) is 18.4 Å². The van der Waals surface area contributed by atoms with Gasteiger partial charge in [0.2, 0.25) is 0 Å². The summed E-state index contributed by atoms with van der Waals surface area (Å²) in [5.41, 5.74) is 3.38. The Morgan fingerprint density at radius 2 is 1.58 bits per heavy atom. The predicted molar refractivity (Wildman–Crippen MR) is 135 cm³/mol. The summed E-state index contributed by atoms with van der Waals surface area (Å²) in [5, 5.41) is 16.4. The maximum absolute atomic E-state index is 12.7. The Morgan fingerprint density at radius 3 is 2.30 bits per heavy atom. The second kappa shape index (κ2) is 10.4. The first kappa shape index (κ1) is 22.6. The molecular weight excluding hydrogens is 482 g/mol.